The smallest absolute Gasteiger partial charge is 0.0106 e. The van der Waals surface area contributed by atoms with Crippen LogP contribution in [-0.2, 0) is 0 Å². The van der Waals surface area contributed by atoms with Crippen LogP contribution in [0.3, 0.4) is 0 Å². The molecule has 0 atom stereocenters. The zero-order valence-corrected chi connectivity index (χ0v) is 9.03. The summed E-state index contributed by atoms with van der Waals surface area (Å²) in [5.74, 6) is 0.632. The van der Waals surface area contributed by atoms with Crippen LogP contribution in [0, 0.1) is 6.92 Å². The summed E-state index contributed by atoms with van der Waals surface area (Å²) in [4.78, 5) is 1.42. The van der Waals surface area contributed by atoms with Crippen LogP contribution in [0.15, 0.2) is 23.1 Å². The summed E-state index contributed by atoms with van der Waals surface area (Å²) >= 11 is 1.84. The summed E-state index contributed by atoms with van der Waals surface area (Å²) in [5, 5.41) is 0. The molecule has 0 aliphatic carbocycles. The molecule has 0 aliphatic rings. The first-order chi connectivity index (χ1) is 5.65. The van der Waals surface area contributed by atoms with E-state index in [-0.39, 0.29) is 0 Å². The van der Waals surface area contributed by atoms with Crippen LogP contribution < -0.4 is 0 Å². The van der Waals surface area contributed by atoms with Crippen LogP contribution in [0.1, 0.15) is 30.9 Å². The lowest BCUT2D eigenvalue weighted by molar-refractivity contribution is 0.841. The fraction of sp³-hybridized carbons (Fsp3) is 0.455. The SMILES string of the molecule is CSc1cc(C)ccc1C(C)C. The quantitative estimate of drug-likeness (QED) is 0.623. The van der Waals surface area contributed by atoms with Gasteiger partial charge in [-0.1, -0.05) is 31.5 Å². The van der Waals surface area contributed by atoms with Crippen LogP contribution in [0.25, 0.3) is 0 Å². The summed E-state index contributed by atoms with van der Waals surface area (Å²) in [7, 11) is 0. The summed E-state index contributed by atoms with van der Waals surface area (Å²) < 4.78 is 0. The van der Waals surface area contributed by atoms with E-state index in [0.29, 0.717) is 5.92 Å². The third kappa shape index (κ3) is 2.04. The maximum atomic E-state index is 2.26. The Balaban J connectivity index is 3.11. The van der Waals surface area contributed by atoms with Crippen molar-refractivity contribution >= 4 is 11.8 Å². The van der Waals surface area contributed by atoms with Gasteiger partial charge < -0.3 is 0 Å². The molecular formula is C11H16S. The zero-order valence-electron chi connectivity index (χ0n) is 8.22. The molecule has 1 aromatic carbocycles. The van der Waals surface area contributed by atoms with Crippen molar-refractivity contribution in [2.75, 3.05) is 6.26 Å². The highest BCUT2D eigenvalue weighted by atomic mass is 32.2. The van der Waals surface area contributed by atoms with Crippen LogP contribution >= 0.6 is 11.8 Å². The van der Waals surface area contributed by atoms with Crippen molar-refractivity contribution in [3.05, 3.63) is 29.3 Å². The number of rotatable bonds is 2. The van der Waals surface area contributed by atoms with Gasteiger partial charge in [0.1, 0.15) is 0 Å². The largest absolute Gasteiger partial charge is 0.129 e. The van der Waals surface area contributed by atoms with Crippen molar-refractivity contribution in [3.8, 4) is 0 Å². The molecule has 0 saturated carbocycles. The minimum atomic E-state index is 0.632. The second-order valence-electron chi connectivity index (χ2n) is 3.40. The Morgan fingerprint density at radius 1 is 1.25 bits per heavy atom. The van der Waals surface area contributed by atoms with Crippen molar-refractivity contribution in [3.63, 3.8) is 0 Å². The van der Waals surface area contributed by atoms with Crippen LogP contribution in [0.4, 0.5) is 0 Å². The lowest BCUT2D eigenvalue weighted by Crippen LogP contribution is -1.90. The highest BCUT2D eigenvalue weighted by Gasteiger charge is 2.04. The predicted octanol–water partition coefficient (Wildman–Crippen LogP) is 3.84. The van der Waals surface area contributed by atoms with E-state index in [1.54, 1.807) is 0 Å². The second kappa shape index (κ2) is 3.99. The van der Waals surface area contributed by atoms with Crippen LogP contribution in [0.5, 0.6) is 0 Å². The number of hydrogen-bond acceptors (Lipinski definition) is 1. The molecule has 0 aliphatic heterocycles. The van der Waals surface area contributed by atoms with Crippen LogP contribution in [-0.4, -0.2) is 6.26 Å². The summed E-state index contributed by atoms with van der Waals surface area (Å²) in [6.45, 7) is 6.62. The van der Waals surface area contributed by atoms with Gasteiger partial charge in [0, 0.05) is 4.90 Å². The van der Waals surface area contributed by atoms with Gasteiger partial charge in [-0.05, 0) is 30.7 Å². The van der Waals surface area contributed by atoms with Gasteiger partial charge in [0.15, 0.2) is 0 Å². The van der Waals surface area contributed by atoms with Crippen LogP contribution in [0.2, 0.25) is 0 Å². The van der Waals surface area contributed by atoms with E-state index in [0.717, 1.165) is 0 Å². The lowest BCUT2D eigenvalue weighted by Gasteiger charge is -2.11. The molecule has 12 heavy (non-hydrogen) atoms. The Labute approximate surface area is 79.4 Å². The van der Waals surface area contributed by atoms with E-state index in [1.165, 1.54) is 16.0 Å². The van der Waals surface area contributed by atoms with E-state index in [9.17, 15) is 0 Å². The molecule has 1 aromatic rings. The van der Waals surface area contributed by atoms with Gasteiger partial charge in [-0.25, -0.2) is 0 Å². The first-order valence-corrected chi connectivity index (χ1v) is 5.52. The number of benzene rings is 1. The van der Waals surface area contributed by atoms with Gasteiger partial charge in [0.25, 0.3) is 0 Å². The number of thioether (sulfide) groups is 1. The lowest BCUT2D eigenvalue weighted by atomic mass is 10.0. The molecule has 66 valence electrons. The molecular weight excluding hydrogens is 164 g/mol. The molecule has 0 fully saturated rings. The first kappa shape index (κ1) is 9.66. The normalized spacial score (nSPS) is 10.8. The molecule has 0 nitrogen and oxygen atoms in total. The van der Waals surface area contributed by atoms with E-state index >= 15 is 0 Å². The van der Waals surface area contributed by atoms with Gasteiger partial charge >= 0.3 is 0 Å². The fourth-order valence-electron chi connectivity index (χ4n) is 1.30. The van der Waals surface area contributed by atoms with E-state index in [4.69, 9.17) is 0 Å². The standard InChI is InChI=1S/C11H16S/c1-8(2)10-6-5-9(3)7-11(10)12-4/h5-8H,1-4H3. The first-order valence-electron chi connectivity index (χ1n) is 4.29. The molecule has 0 amide bonds. The predicted molar refractivity (Wildman–Crippen MR) is 57.0 cm³/mol. The molecule has 1 rings (SSSR count). The Morgan fingerprint density at radius 3 is 2.42 bits per heavy atom. The summed E-state index contributed by atoms with van der Waals surface area (Å²) in [5.41, 5.74) is 2.82. The van der Waals surface area contributed by atoms with Crippen molar-refractivity contribution in [2.24, 2.45) is 0 Å². The summed E-state index contributed by atoms with van der Waals surface area (Å²) in [6, 6.07) is 6.70. The van der Waals surface area contributed by atoms with Crippen molar-refractivity contribution in [1.82, 2.24) is 0 Å². The Bertz CT molecular complexity index is 264. The maximum absolute atomic E-state index is 2.26. The molecule has 0 radical (unpaired) electrons. The van der Waals surface area contributed by atoms with E-state index < -0.39 is 0 Å². The Hall–Kier alpha value is -0.430. The average Bonchev–Trinajstić information content (AvgIpc) is 2.03. The third-order valence-corrected chi connectivity index (χ3v) is 2.80. The molecule has 0 unspecified atom stereocenters. The monoisotopic (exact) mass is 180 g/mol. The van der Waals surface area contributed by atoms with Crippen molar-refractivity contribution < 1.29 is 0 Å². The minimum Gasteiger partial charge on any atom is -0.129 e. The maximum Gasteiger partial charge on any atom is 0.0106 e. The summed E-state index contributed by atoms with van der Waals surface area (Å²) in [6.07, 6.45) is 2.14. The van der Waals surface area contributed by atoms with Gasteiger partial charge in [0.2, 0.25) is 0 Å². The highest BCUT2D eigenvalue weighted by molar-refractivity contribution is 7.98. The van der Waals surface area contributed by atoms with Gasteiger partial charge in [-0.3, -0.25) is 0 Å². The molecule has 0 spiro atoms. The zero-order chi connectivity index (χ0) is 9.14. The molecule has 0 saturated heterocycles. The second-order valence-corrected chi connectivity index (χ2v) is 4.25. The molecule has 0 bridgehead atoms. The van der Waals surface area contributed by atoms with Gasteiger partial charge in [-0.15, -0.1) is 11.8 Å². The Morgan fingerprint density at radius 2 is 1.92 bits per heavy atom. The van der Waals surface area contributed by atoms with E-state index in [1.807, 2.05) is 11.8 Å². The minimum absolute atomic E-state index is 0.632. The van der Waals surface area contributed by atoms with Crippen molar-refractivity contribution in [1.29, 1.82) is 0 Å². The fourth-order valence-corrected chi connectivity index (χ4v) is 2.14. The van der Waals surface area contributed by atoms with E-state index in [2.05, 4.69) is 45.2 Å². The number of aryl methyl sites for hydroxylation is 1. The molecule has 0 heterocycles. The molecule has 0 N–H and O–H groups in total. The van der Waals surface area contributed by atoms with Crippen molar-refractivity contribution in [2.45, 2.75) is 31.6 Å². The topological polar surface area (TPSA) is 0 Å². The average molecular weight is 180 g/mol. The highest BCUT2D eigenvalue weighted by Crippen LogP contribution is 2.27. The Kier molecular flexibility index (Phi) is 3.21. The third-order valence-electron chi connectivity index (χ3n) is 2.01. The number of hydrogen-bond donors (Lipinski definition) is 0. The molecule has 1 heteroatoms. The van der Waals surface area contributed by atoms with Gasteiger partial charge in [0.05, 0.1) is 0 Å². The van der Waals surface area contributed by atoms with Gasteiger partial charge in [-0.2, -0.15) is 0 Å². The molecule has 0 aromatic heterocycles.